The number of nitrogens with zero attached hydrogens (tertiary/aromatic N) is 2. The fraction of sp³-hybridized carbons (Fsp3) is 0.368. The fourth-order valence-corrected chi connectivity index (χ4v) is 2.60. The number of hydrogen-bond donors (Lipinski definition) is 1. The highest BCUT2D eigenvalue weighted by Gasteiger charge is 2.22. The summed E-state index contributed by atoms with van der Waals surface area (Å²) in [5.41, 5.74) is 3.36. The Morgan fingerprint density at radius 1 is 1.17 bits per heavy atom. The number of aromatic hydroxyl groups is 1. The SMILES string of the molecule is Cc1c(O)cccc1C(C)C(=O)N(C)c1ccc(C(C)C)nc1. The highest BCUT2D eigenvalue weighted by Crippen LogP contribution is 2.28. The average molecular weight is 312 g/mol. The van der Waals surface area contributed by atoms with E-state index >= 15 is 0 Å². The van der Waals surface area contributed by atoms with Gasteiger partial charge in [0.2, 0.25) is 5.91 Å². The molecule has 1 N–H and O–H groups in total. The molecule has 0 radical (unpaired) electrons. The second-order valence-electron chi connectivity index (χ2n) is 6.21. The minimum Gasteiger partial charge on any atom is -0.508 e. The predicted molar refractivity (Wildman–Crippen MR) is 93.0 cm³/mol. The minimum absolute atomic E-state index is 0.0298. The Kier molecular flexibility index (Phi) is 5.04. The van der Waals surface area contributed by atoms with Crippen molar-refractivity contribution in [2.24, 2.45) is 0 Å². The van der Waals surface area contributed by atoms with E-state index < -0.39 is 0 Å². The van der Waals surface area contributed by atoms with E-state index in [0.29, 0.717) is 5.92 Å². The maximum Gasteiger partial charge on any atom is 0.234 e. The molecule has 1 aromatic heterocycles. The molecule has 0 saturated carbocycles. The van der Waals surface area contributed by atoms with E-state index in [2.05, 4.69) is 18.8 Å². The summed E-state index contributed by atoms with van der Waals surface area (Å²) in [5.74, 6) is 0.210. The molecule has 0 aliphatic rings. The van der Waals surface area contributed by atoms with Gasteiger partial charge >= 0.3 is 0 Å². The van der Waals surface area contributed by atoms with Gasteiger partial charge in [-0.3, -0.25) is 9.78 Å². The topological polar surface area (TPSA) is 53.4 Å². The molecule has 1 amide bonds. The van der Waals surface area contributed by atoms with Crippen molar-refractivity contribution in [3.63, 3.8) is 0 Å². The molecule has 2 rings (SSSR count). The van der Waals surface area contributed by atoms with E-state index in [1.807, 2.05) is 32.0 Å². The molecule has 122 valence electrons. The number of phenols is 1. The van der Waals surface area contributed by atoms with Gasteiger partial charge in [-0.15, -0.1) is 0 Å². The van der Waals surface area contributed by atoms with E-state index in [9.17, 15) is 9.90 Å². The van der Waals surface area contributed by atoms with Crippen LogP contribution in [0.1, 0.15) is 49.4 Å². The minimum atomic E-state index is -0.336. The van der Waals surface area contributed by atoms with Gasteiger partial charge in [-0.2, -0.15) is 0 Å². The maximum atomic E-state index is 12.7. The molecule has 23 heavy (non-hydrogen) atoms. The van der Waals surface area contributed by atoms with E-state index in [1.54, 1.807) is 30.3 Å². The lowest BCUT2D eigenvalue weighted by Gasteiger charge is -2.23. The summed E-state index contributed by atoms with van der Waals surface area (Å²) in [7, 11) is 1.75. The first-order chi connectivity index (χ1) is 10.8. The molecule has 0 saturated heterocycles. The first-order valence-electron chi connectivity index (χ1n) is 7.85. The first kappa shape index (κ1) is 17.0. The van der Waals surface area contributed by atoms with Gasteiger partial charge in [0, 0.05) is 12.7 Å². The third-order valence-corrected chi connectivity index (χ3v) is 4.26. The first-order valence-corrected chi connectivity index (χ1v) is 7.85. The average Bonchev–Trinajstić information content (AvgIpc) is 2.55. The third-order valence-electron chi connectivity index (χ3n) is 4.26. The van der Waals surface area contributed by atoms with Gasteiger partial charge in [0.25, 0.3) is 0 Å². The highest BCUT2D eigenvalue weighted by atomic mass is 16.3. The van der Waals surface area contributed by atoms with Crippen molar-refractivity contribution in [2.45, 2.75) is 39.5 Å². The normalized spacial score (nSPS) is 12.3. The van der Waals surface area contributed by atoms with E-state index in [-0.39, 0.29) is 17.6 Å². The van der Waals surface area contributed by atoms with Crippen LogP contribution in [-0.4, -0.2) is 23.0 Å². The van der Waals surface area contributed by atoms with Crippen LogP contribution in [0.15, 0.2) is 36.5 Å². The summed E-state index contributed by atoms with van der Waals surface area (Å²) in [4.78, 5) is 18.8. The Morgan fingerprint density at radius 2 is 1.87 bits per heavy atom. The molecule has 0 bridgehead atoms. The Bertz CT molecular complexity index is 693. The summed E-state index contributed by atoms with van der Waals surface area (Å²) < 4.78 is 0. The van der Waals surface area contributed by atoms with E-state index in [0.717, 1.165) is 22.5 Å². The predicted octanol–water partition coefficient (Wildman–Crippen LogP) is 3.99. The molecule has 0 spiro atoms. The third kappa shape index (κ3) is 3.52. The zero-order valence-corrected chi connectivity index (χ0v) is 14.4. The molecule has 1 heterocycles. The summed E-state index contributed by atoms with van der Waals surface area (Å²) in [6, 6.07) is 9.15. The molecule has 1 aromatic carbocycles. The standard InChI is InChI=1S/C19H24N2O2/c1-12(2)17-10-9-15(11-20-17)21(5)19(23)14(4)16-7-6-8-18(22)13(16)3/h6-12,14,22H,1-5H3. The number of aromatic nitrogens is 1. The van der Waals surface area contributed by atoms with Crippen molar-refractivity contribution < 1.29 is 9.90 Å². The molecule has 0 aliphatic carbocycles. The van der Waals surface area contributed by atoms with Crippen molar-refractivity contribution in [1.29, 1.82) is 0 Å². The number of phenolic OH excluding ortho intramolecular Hbond substituents is 1. The Hall–Kier alpha value is -2.36. The second kappa shape index (κ2) is 6.82. The van der Waals surface area contributed by atoms with Crippen molar-refractivity contribution >= 4 is 11.6 Å². The largest absolute Gasteiger partial charge is 0.508 e. The van der Waals surface area contributed by atoms with E-state index in [4.69, 9.17) is 0 Å². The number of rotatable bonds is 4. The highest BCUT2D eigenvalue weighted by molar-refractivity contribution is 5.97. The van der Waals surface area contributed by atoms with Crippen molar-refractivity contribution in [1.82, 2.24) is 4.98 Å². The quantitative estimate of drug-likeness (QED) is 0.929. The lowest BCUT2D eigenvalue weighted by atomic mass is 9.94. The van der Waals surface area contributed by atoms with Crippen molar-refractivity contribution in [3.05, 3.63) is 53.3 Å². The molecule has 1 unspecified atom stereocenters. The Morgan fingerprint density at radius 3 is 2.43 bits per heavy atom. The van der Waals surface area contributed by atoms with Crippen LogP contribution < -0.4 is 4.90 Å². The fourth-order valence-electron chi connectivity index (χ4n) is 2.60. The van der Waals surface area contributed by atoms with Crippen LogP contribution >= 0.6 is 0 Å². The second-order valence-corrected chi connectivity index (χ2v) is 6.21. The zero-order chi connectivity index (χ0) is 17.1. The number of benzene rings is 1. The summed E-state index contributed by atoms with van der Waals surface area (Å²) in [6.07, 6.45) is 1.73. The van der Waals surface area contributed by atoms with Crippen LogP contribution in [0.5, 0.6) is 5.75 Å². The van der Waals surface area contributed by atoms with Gasteiger partial charge in [-0.1, -0.05) is 26.0 Å². The number of anilines is 1. The van der Waals surface area contributed by atoms with Gasteiger partial charge in [-0.05, 0) is 49.1 Å². The van der Waals surface area contributed by atoms with Crippen molar-refractivity contribution in [2.75, 3.05) is 11.9 Å². The lowest BCUT2D eigenvalue weighted by molar-refractivity contribution is -0.119. The number of hydrogen-bond acceptors (Lipinski definition) is 3. The smallest absolute Gasteiger partial charge is 0.234 e. The lowest BCUT2D eigenvalue weighted by Crippen LogP contribution is -2.30. The van der Waals surface area contributed by atoms with Crippen LogP contribution in [0.2, 0.25) is 0 Å². The van der Waals surface area contributed by atoms with Crippen LogP contribution in [-0.2, 0) is 4.79 Å². The van der Waals surface area contributed by atoms with Crippen LogP contribution in [0, 0.1) is 6.92 Å². The number of amides is 1. The summed E-state index contributed by atoms with van der Waals surface area (Å²) >= 11 is 0. The number of carbonyl (C=O) groups is 1. The number of carbonyl (C=O) groups excluding carboxylic acids is 1. The van der Waals surface area contributed by atoms with Gasteiger partial charge in [0.05, 0.1) is 17.8 Å². The molecule has 0 aliphatic heterocycles. The Labute approximate surface area is 137 Å². The maximum absolute atomic E-state index is 12.7. The molecule has 4 nitrogen and oxygen atoms in total. The summed E-state index contributed by atoms with van der Waals surface area (Å²) in [6.45, 7) is 7.86. The summed E-state index contributed by atoms with van der Waals surface area (Å²) in [5, 5.41) is 9.83. The molecular weight excluding hydrogens is 288 g/mol. The van der Waals surface area contributed by atoms with E-state index in [1.165, 1.54) is 0 Å². The van der Waals surface area contributed by atoms with Gasteiger partial charge in [0.1, 0.15) is 5.75 Å². The van der Waals surface area contributed by atoms with Crippen molar-refractivity contribution in [3.8, 4) is 5.75 Å². The monoisotopic (exact) mass is 312 g/mol. The molecule has 1 atom stereocenters. The molecule has 4 heteroatoms. The van der Waals surface area contributed by atoms with Crippen LogP contribution in [0.4, 0.5) is 5.69 Å². The van der Waals surface area contributed by atoms with Crippen LogP contribution in [0.3, 0.4) is 0 Å². The number of likely N-dealkylation sites (N-methyl/N-ethyl adjacent to an activating group) is 1. The van der Waals surface area contributed by atoms with Gasteiger partial charge in [-0.25, -0.2) is 0 Å². The van der Waals surface area contributed by atoms with Crippen LogP contribution in [0.25, 0.3) is 0 Å². The van der Waals surface area contributed by atoms with Gasteiger partial charge in [0.15, 0.2) is 0 Å². The zero-order valence-electron chi connectivity index (χ0n) is 14.4. The number of pyridine rings is 1. The van der Waals surface area contributed by atoms with Gasteiger partial charge < -0.3 is 10.0 Å². The molecular formula is C19H24N2O2. The Balaban J connectivity index is 2.23. The molecule has 0 fully saturated rings. The molecule has 2 aromatic rings.